The van der Waals surface area contributed by atoms with E-state index in [1.54, 1.807) is 12.1 Å². The molecule has 0 atom stereocenters. The minimum absolute atomic E-state index is 0.0358. The Balaban J connectivity index is 1.56. The van der Waals surface area contributed by atoms with Gasteiger partial charge in [-0.1, -0.05) is 36.4 Å². The molecule has 0 unspecified atom stereocenters. The van der Waals surface area contributed by atoms with Crippen molar-refractivity contribution in [3.8, 4) is 0 Å². The quantitative estimate of drug-likeness (QED) is 0.258. The Morgan fingerprint density at radius 1 is 0.868 bits per heavy atom. The van der Waals surface area contributed by atoms with Crippen LogP contribution in [-0.4, -0.2) is 39.2 Å². The van der Waals surface area contributed by atoms with Crippen molar-refractivity contribution in [2.45, 2.75) is 32.1 Å². The van der Waals surface area contributed by atoms with Gasteiger partial charge in [-0.05, 0) is 49.7 Å². The average molecular weight is 528 g/mol. The first-order valence-electron chi connectivity index (χ1n) is 11.2. The third-order valence-corrected chi connectivity index (χ3v) is 6.29. The number of nitrogens with zero attached hydrogens (tertiary/aromatic N) is 2. The number of halogens is 4. The van der Waals surface area contributed by atoms with E-state index in [1.165, 1.54) is 55.1 Å². The Kier molecular flexibility index (Phi) is 6.56. The van der Waals surface area contributed by atoms with Crippen LogP contribution in [0.1, 0.15) is 51.3 Å². The molecule has 4 rings (SSSR count). The van der Waals surface area contributed by atoms with E-state index in [0.717, 1.165) is 6.07 Å². The van der Waals surface area contributed by atoms with Crippen LogP contribution in [0.25, 0.3) is 0 Å². The van der Waals surface area contributed by atoms with Crippen LogP contribution in [0.3, 0.4) is 0 Å². The molecule has 3 aromatic carbocycles. The van der Waals surface area contributed by atoms with Gasteiger partial charge in [-0.3, -0.25) is 9.59 Å². The molecule has 0 aromatic heterocycles. The van der Waals surface area contributed by atoms with Crippen molar-refractivity contribution >= 4 is 29.4 Å². The van der Waals surface area contributed by atoms with E-state index in [9.17, 15) is 36.7 Å². The number of imide groups is 1. The van der Waals surface area contributed by atoms with Gasteiger partial charge >= 0.3 is 18.2 Å². The topological polar surface area (TPSA) is 95.0 Å². The lowest BCUT2D eigenvalue weighted by Crippen LogP contribution is -2.43. The SMILES string of the molecule is CC1(C)C(=O)N(c2ccc(F)c(C(F)(F)F)c2)C(=O)N1Cc1ccc(C(=O)c2ccc(C(=O)O)cc2)cc1. The normalized spacial score (nSPS) is 15.2. The van der Waals surface area contributed by atoms with Gasteiger partial charge in [0.1, 0.15) is 11.4 Å². The molecule has 3 aromatic rings. The molecule has 0 saturated carbocycles. The van der Waals surface area contributed by atoms with Crippen molar-refractivity contribution in [2.75, 3.05) is 4.90 Å². The van der Waals surface area contributed by atoms with E-state index >= 15 is 0 Å². The number of urea groups is 1. The molecule has 1 N–H and O–H groups in total. The standard InChI is InChI=1S/C27H20F4N2O5/c1-26(2)24(37)33(19-11-12-21(28)20(13-19)27(29,30)31)25(38)32(26)14-15-3-5-16(6-4-15)22(34)17-7-9-18(10-8-17)23(35)36/h3-13H,14H2,1-2H3,(H,35,36). The number of hydrogen-bond donors (Lipinski definition) is 1. The monoisotopic (exact) mass is 528 g/mol. The lowest BCUT2D eigenvalue weighted by atomic mass is 9.99. The summed E-state index contributed by atoms with van der Waals surface area (Å²) in [4.78, 5) is 51.7. The number of benzene rings is 3. The number of carboxylic acids is 1. The fourth-order valence-corrected chi connectivity index (χ4v) is 4.07. The number of rotatable bonds is 6. The first kappa shape index (κ1) is 26.5. The number of carbonyl (C=O) groups excluding carboxylic acids is 3. The number of ketones is 1. The number of amides is 3. The highest BCUT2D eigenvalue weighted by Crippen LogP contribution is 2.38. The van der Waals surface area contributed by atoms with Crippen LogP contribution >= 0.6 is 0 Å². The van der Waals surface area contributed by atoms with Gasteiger partial charge in [0.25, 0.3) is 5.91 Å². The zero-order valence-corrected chi connectivity index (χ0v) is 20.0. The summed E-state index contributed by atoms with van der Waals surface area (Å²) in [6.45, 7) is 2.80. The van der Waals surface area contributed by atoms with E-state index in [2.05, 4.69) is 0 Å². The molecule has 1 fully saturated rings. The van der Waals surface area contributed by atoms with Crippen LogP contribution in [-0.2, 0) is 17.5 Å². The lowest BCUT2D eigenvalue weighted by Gasteiger charge is -2.27. The van der Waals surface area contributed by atoms with Crippen LogP contribution in [0.4, 0.5) is 28.0 Å². The van der Waals surface area contributed by atoms with Gasteiger partial charge in [-0.2, -0.15) is 13.2 Å². The molecule has 3 amide bonds. The molecule has 0 bridgehead atoms. The predicted molar refractivity (Wildman–Crippen MR) is 127 cm³/mol. The Labute approximate surface area is 213 Å². The third-order valence-electron chi connectivity index (χ3n) is 6.29. The van der Waals surface area contributed by atoms with Gasteiger partial charge in [0.15, 0.2) is 5.78 Å². The van der Waals surface area contributed by atoms with E-state index in [1.807, 2.05) is 0 Å². The molecular formula is C27H20F4N2O5. The molecule has 1 heterocycles. The number of alkyl halides is 3. The summed E-state index contributed by atoms with van der Waals surface area (Å²) in [6.07, 6.45) is -5.02. The Bertz CT molecular complexity index is 1450. The summed E-state index contributed by atoms with van der Waals surface area (Å²) in [5.74, 6) is -3.78. The van der Waals surface area contributed by atoms with Gasteiger partial charge in [-0.15, -0.1) is 0 Å². The van der Waals surface area contributed by atoms with Crippen molar-refractivity contribution in [1.29, 1.82) is 0 Å². The highest BCUT2D eigenvalue weighted by Gasteiger charge is 2.52. The molecule has 0 radical (unpaired) electrons. The summed E-state index contributed by atoms with van der Waals surface area (Å²) in [5, 5.41) is 8.99. The van der Waals surface area contributed by atoms with E-state index in [-0.39, 0.29) is 23.5 Å². The molecule has 1 aliphatic heterocycles. The number of hydrogen-bond acceptors (Lipinski definition) is 4. The highest BCUT2D eigenvalue weighted by atomic mass is 19.4. The second-order valence-electron chi connectivity index (χ2n) is 9.14. The van der Waals surface area contributed by atoms with E-state index in [4.69, 9.17) is 5.11 Å². The Morgan fingerprint density at radius 3 is 1.92 bits per heavy atom. The van der Waals surface area contributed by atoms with Crippen molar-refractivity contribution in [3.05, 3.63) is 100 Å². The maximum absolute atomic E-state index is 13.7. The summed E-state index contributed by atoms with van der Waals surface area (Å²) >= 11 is 0. The minimum atomic E-state index is -5.02. The van der Waals surface area contributed by atoms with Crippen molar-refractivity contribution in [2.24, 2.45) is 0 Å². The largest absolute Gasteiger partial charge is 0.478 e. The molecule has 1 aliphatic rings. The van der Waals surface area contributed by atoms with Crippen molar-refractivity contribution in [3.63, 3.8) is 0 Å². The molecule has 196 valence electrons. The van der Waals surface area contributed by atoms with Crippen LogP contribution in [0.2, 0.25) is 0 Å². The van der Waals surface area contributed by atoms with Gasteiger partial charge < -0.3 is 10.0 Å². The highest BCUT2D eigenvalue weighted by molar-refractivity contribution is 6.23. The minimum Gasteiger partial charge on any atom is -0.478 e. The number of carboxylic acid groups (broad SMARTS) is 1. The summed E-state index contributed by atoms with van der Waals surface area (Å²) in [5.41, 5.74) is -2.28. The van der Waals surface area contributed by atoms with Crippen molar-refractivity contribution in [1.82, 2.24) is 4.90 Å². The lowest BCUT2D eigenvalue weighted by molar-refractivity contribution is -0.140. The molecule has 0 aliphatic carbocycles. The molecule has 7 nitrogen and oxygen atoms in total. The van der Waals surface area contributed by atoms with Crippen LogP contribution in [0, 0.1) is 5.82 Å². The zero-order chi connectivity index (χ0) is 28.0. The molecule has 1 saturated heterocycles. The first-order chi connectivity index (χ1) is 17.7. The second-order valence-corrected chi connectivity index (χ2v) is 9.14. The smallest absolute Gasteiger partial charge is 0.419 e. The number of aromatic carboxylic acids is 1. The summed E-state index contributed by atoms with van der Waals surface area (Å²) < 4.78 is 53.3. The second kappa shape index (κ2) is 9.40. The summed E-state index contributed by atoms with van der Waals surface area (Å²) in [6, 6.07) is 12.6. The molecule has 11 heteroatoms. The molecule has 0 spiro atoms. The van der Waals surface area contributed by atoms with Crippen LogP contribution in [0.15, 0.2) is 66.7 Å². The van der Waals surface area contributed by atoms with Gasteiger partial charge in [-0.25, -0.2) is 18.9 Å². The molecule has 38 heavy (non-hydrogen) atoms. The van der Waals surface area contributed by atoms with Crippen LogP contribution < -0.4 is 4.90 Å². The van der Waals surface area contributed by atoms with Crippen LogP contribution in [0.5, 0.6) is 0 Å². The maximum Gasteiger partial charge on any atom is 0.419 e. The van der Waals surface area contributed by atoms with E-state index < -0.39 is 46.7 Å². The zero-order valence-electron chi connectivity index (χ0n) is 20.0. The van der Waals surface area contributed by atoms with Gasteiger partial charge in [0.05, 0.1) is 16.8 Å². The Hall–Kier alpha value is -4.54. The number of anilines is 1. The molecular weight excluding hydrogens is 508 g/mol. The van der Waals surface area contributed by atoms with Gasteiger partial charge in [0.2, 0.25) is 0 Å². The van der Waals surface area contributed by atoms with E-state index in [0.29, 0.717) is 28.2 Å². The first-order valence-corrected chi connectivity index (χ1v) is 11.2. The number of carbonyl (C=O) groups is 4. The predicted octanol–water partition coefficient (Wildman–Crippen LogP) is 5.52. The van der Waals surface area contributed by atoms with Gasteiger partial charge in [0, 0.05) is 17.7 Å². The third kappa shape index (κ3) is 4.74. The Morgan fingerprint density at radius 2 is 1.39 bits per heavy atom. The fraction of sp³-hybridized carbons (Fsp3) is 0.185. The maximum atomic E-state index is 13.7. The average Bonchev–Trinajstić information content (AvgIpc) is 3.03. The fourth-order valence-electron chi connectivity index (χ4n) is 4.07. The summed E-state index contributed by atoms with van der Waals surface area (Å²) in [7, 11) is 0. The van der Waals surface area contributed by atoms with Crippen molar-refractivity contribution < 1.29 is 41.8 Å².